The van der Waals surface area contributed by atoms with Crippen molar-refractivity contribution in [1.82, 2.24) is 0 Å². The molecule has 0 aromatic carbocycles. The fourth-order valence-electron chi connectivity index (χ4n) is 1.95. The summed E-state index contributed by atoms with van der Waals surface area (Å²) in [6.45, 7) is 0. The molecule has 0 radical (unpaired) electrons. The van der Waals surface area contributed by atoms with Crippen LogP contribution in [0.2, 0.25) is 0 Å². The van der Waals surface area contributed by atoms with E-state index in [2.05, 4.69) is 0 Å². The smallest absolute Gasteiger partial charge is 0.327 e. The van der Waals surface area contributed by atoms with E-state index in [9.17, 15) is 9.59 Å². The van der Waals surface area contributed by atoms with Crippen LogP contribution in [0.4, 0.5) is 0 Å². The van der Waals surface area contributed by atoms with Crippen molar-refractivity contribution in [2.75, 3.05) is 0 Å². The third kappa shape index (κ3) is 16.4. The highest BCUT2D eigenvalue weighted by Gasteiger charge is 1.92. The third-order valence-corrected chi connectivity index (χ3v) is 3.01. The summed E-state index contributed by atoms with van der Waals surface area (Å²) >= 11 is 0. The molecule has 0 aromatic rings. The Labute approximate surface area is 121 Å². The molecule has 0 aliphatic heterocycles. The fraction of sp³-hybridized carbons (Fsp3) is 0.625. The van der Waals surface area contributed by atoms with Crippen LogP contribution >= 0.6 is 0 Å². The van der Waals surface area contributed by atoms with Gasteiger partial charge in [0.05, 0.1) is 0 Å². The molecule has 0 unspecified atom stereocenters. The summed E-state index contributed by atoms with van der Waals surface area (Å²) in [5.74, 6) is -1.74. The summed E-state index contributed by atoms with van der Waals surface area (Å²) in [5.41, 5.74) is 0. The van der Waals surface area contributed by atoms with Crippen molar-refractivity contribution >= 4 is 11.9 Å². The summed E-state index contributed by atoms with van der Waals surface area (Å²) in [4.78, 5) is 20.4. The van der Waals surface area contributed by atoms with Crippen LogP contribution in [-0.2, 0) is 9.59 Å². The highest BCUT2D eigenvalue weighted by Crippen LogP contribution is 2.11. The first-order chi connectivity index (χ1) is 9.63. The molecule has 0 heterocycles. The van der Waals surface area contributed by atoms with Gasteiger partial charge in [0.15, 0.2) is 0 Å². The third-order valence-electron chi connectivity index (χ3n) is 3.01. The number of hydrogen-bond donors (Lipinski definition) is 2. The Hall–Kier alpha value is -1.58. The molecule has 0 bridgehead atoms. The quantitative estimate of drug-likeness (QED) is 0.393. The molecule has 0 rings (SSSR count). The van der Waals surface area contributed by atoms with Crippen LogP contribution in [0.1, 0.15) is 64.2 Å². The highest BCUT2D eigenvalue weighted by atomic mass is 16.4. The van der Waals surface area contributed by atoms with Gasteiger partial charge >= 0.3 is 11.9 Å². The van der Waals surface area contributed by atoms with Crippen molar-refractivity contribution < 1.29 is 19.8 Å². The molecule has 4 heteroatoms. The minimum Gasteiger partial charge on any atom is -0.478 e. The monoisotopic (exact) mass is 282 g/mol. The lowest BCUT2D eigenvalue weighted by atomic mass is 10.1. The fourth-order valence-corrected chi connectivity index (χ4v) is 1.95. The average Bonchev–Trinajstić information content (AvgIpc) is 2.38. The van der Waals surface area contributed by atoms with E-state index in [0.29, 0.717) is 0 Å². The molecule has 4 nitrogen and oxygen atoms in total. The molecular formula is C16H26O4. The van der Waals surface area contributed by atoms with E-state index in [1.54, 1.807) is 12.2 Å². The second kappa shape index (κ2) is 13.8. The number of hydrogen-bond acceptors (Lipinski definition) is 2. The maximum Gasteiger partial charge on any atom is 0.327 e. The second-order valence-corrected chi connectivity index (χ2v) is 4.89. The van der Waals surface area contributed by atoms with Crippen LogP contribution in [-0.4, -0.2) is 22.2 Å². The van der Waals surface area contributed by atoms with Gasteiger partial charge in [-0.25, -0.2) is 9.59 Å². The zero-order chi connectivity index (χ0) is 15.1. The van der Waals surface area contributed by atoms with Gasteiger partial charge in [0.25, 0.3) is 0 Å². The molecule has 0 amide bonds. The van der Waals surface area contributed by atoms with Crippen molar-refractivity contribution in [3.63, 3.8) is 0 Å². The lowest BCUT2D eigenvalue weighted by Gasteiger charge is -2.00. The van der Waals surface area contributed by atoms with Crippen LogP contribution in [0.15, 0.2) is 24.3 Å². The topological polar surface area (TPSA) is 74.6 Å². The predicted molar refractivity (Wildman–Crippen MR) is 79.7 cm³/mol. The van der Waals surface area contributed by atoms with E-state index >= 15 is 0 Å². The molecule has 0 atom stereocenters. The zero-order valence-electron chi connectivity index (χ0n) is 12.1. The van der Waals surface area contributed by atoms with Crippen LogP contribution in [0.5, 0.6) is 0 Å². The Bertz CT molecular complexity index is 286. The maximum atomic E-state index is 10.2. The van der Waals surface area contributed by atoms with Crippen molar-refractivity contribution in [2.24, 2.45) is 0 Å². The molecule has 0 saturated carbocycles. The molecule has 0 spiro atoms. The number of carboxylic acid groups (broad SMARTS) is 2. The summed E-state index contributed by atoms with van der Waals surface area (Å²) in [6.07, 6.45) is 16.9. The molecule has 2 N–H and O–H groups in total. The van der Waals surface area contributed by atoms with E-state index in [1.165, 1.54) is 37.8 Å². The van der Waals surface area contributed by atoms with Gasteiger partial charge in [0.1, 0.15) is 0 Å². The lowest BCUT2D eigenvalue weighted by Crippen LogP contribution is -1.86. The van der Waals surface area contributed by atoms with Gasteiger partial charge in [0.2, 0.25) is 0 Å². The molecule has 0 aromatic heterocycles. The number of aliphatic carboxylic acids is 2. The molecule has 20 heavy (non-hydrogen) atoms. The summed E-state index contributed by atoms with van der Waals surface area (Å²) in [7, 11) is 0. The highest BCUT2D eigenvalue weighted by molar-refractivity contribution is 5.79. The Balaban J connectivity index is 3.13. The van der Waals surface area contributed by atoms with E-state index in [0.717, 1.165) is 38.5 Å². The van der Waals surface area contributed by atoms with Crippen molar-refractivity contribution in [3.05, 3.63) is 24.3 Å². The van der Waals surface area contributed by atoms with Gasteiger partial charge < -0.3 is 10.2 Å². The number of carbonyl (C=O) groups is 2. The zero-order valence-corrected chi connectivity index (χ0v) is 12.1. The van der Waals surface area contributed by atoms with E-state index in [4.69, 9.17) is 10.2 Å². The van der Waals surface area contributed by atoms with Gasteiger partial charge in [-0.15, -0.1) is 0 Å². The first-order valence-electron chi connectivity index (χ1n) is 7.42. The summed E-state index contributed by atoms with van der Waals surface area (Å²) in [6, 6.07) is 0. The average molecular weight is 282 g/mol. The molecule has 0 fully saturated rings. The molecule has 0 aliphatic carbocycles. The summed E-state index contributed by atoms with van der Waals surface area (Å²) < 4.78 is 0. The van der Waals surface area contributed by atoms with Gasteiger partial charge in [-0.3, -0.25) is 0 Å². The number of unbranched alkanes of at least 4 members (excludes halogenated alkanes) is 9. The standard InChI is InChI=1S/C16H26O4/c17-15(18)13-11-9-7-5-3-1-2-4-6-8-10-12-14-16(19)20/h11-14H,1-10H2,(H,17,18)(H,19,20)/b13-11+,14-12+. The van der Waals surface area contributed by atoms with Gasteiger partial charge in [-0.05, 0) is 25.7 Å². The number of carboxylic acids is 2. The predicted octanol–water partition coefficient (Wildman–Crippen LogP) is 4.17. The van der Waals surface area contributed by atoms with Gasteiger partial charge in [-0.1, -0.05) is 50.7 Å². The normalized spacial score (nSPS) is 11.4. The SMILES string of the molecule is O=C(O)/C=C/CCCCCCCCCC/C=C/C(=O)O. The van der Waals surface area contributed by atoms with Crippen LogP contribution in [0.25, 0.3) is 0 Å². The van der Waals surface area contributed by atoms with E-state index in [1.807, 2.05) is 0 Å². The second-order valence-electron chi connectivity index (χ2n) is 4.89. The molecular weight excluding hydrogens is 256 g/mol. The first kappa shape index (κ1) is 18.4. The van der Waals surface area contributed by atoms with Gasteiger partial charge in [-0.2, -0.15) is 0 Å². The molecule has 0 saturated heterocycles. The lowest BCUT2D eigenvalue weighted by molar-refractivity contribution is -0.132. The van der Waals surface area contributed by atoms with Crippen LogP contribution in [0, 0.1) is 0 Å². The first-order valence-corrected chi connectivity index (χ1v) is 7.42. The molecule has 114 valence electrons. The Morgan fingerprint density at radius 2 is 0.900 bits per heavy atom. The number of rotatable bonds is 13. The van der Waals surface area contributed by atoms with Crippen molar-refractivity contribution in [1.29, 1.82) is 0 Å². The van der Waals surface area contributed by atoms with E-state index in [-0.39, 0.29) is 0 Å². The number of allylic oxidation sites excluding steroid dienone is 2. The van der Waals surface area contributed by atoms with Gasteiger partial charge in [0, 0.05) is 12.2 Å². The van der Waals surface area contributed by atoms with Crippen LogP contribution in [0.3, 0.4) is 0 Å². The van der Waals surface area contributed by atoms with Crippen molar-refractivity contribution in [2.45, 2.75) is 64.2 Å². The minimum absolute atomic E-state index is 0.849. The Morgan fingerprint density at radius 3 is 1.20 bits per heavy atom. The largest absolute Gasteiger partial charge is 0.478 e. The maximum absolute atomic E-state index is 10.2. The summed E-state index contributed by atoms with van der Waals surface area (Å²) in [5, 5.41) is 16.8. The van der Waals surface area contributed by atoms with E-state index < -0.39 is 11.9 Å². The van der Waals surface area contributed by atoms with Crippen molar-refractivity contribution in [3.8, 4) is 0 Å². The Morgan fingerprint density at radius 1 is 0.600 bits per heavy atom. The Kier molecular flexibility index (Phi) is 12.7. The minimum atomic E-state index is -0.872. The molecule has 0 aliphatic rings. The van der Waals surface area contributed by atoms with Crippen LogP contribution < -0.4 is 0 Å².